The van der Waals surface area contributed by atoms with Crippen molar-refractivity contribution in [3.05, 3.63) is 21.8 Å². The summed E-state index contributed by atoms with van der Waals surface area (Å²) >= 11 is 4.84. The van der Waals surface area contributed by atoms with Crippen LogP contribution in [0, 0.1) is 0 Å². The Morgan fingerprint density at radius 1 is 1.44 bits per heavy atom. The molecule has 0 radical (unpaired) electrons. The molecule has 0 saturated heterocycles. The van der Waals surface area contributed by atoms with Gasteiger partial charge in [0.1, 0.15) is 5.01 Å². The van der Waals surface area contributed by atoms with Crippen LogP contribution in [0.5, 0.6) is 0 Å². The fraction of sp³-hybridized carbons (Fsp3) is 0.400. The summed E-state index contributed by atoms with van der Waals surface area (Å²) in [4.78, 5) is 0. The summed E-state index contributed by atoms with van der Waals surface area (Å²) in [5.74, 6) is 0.766. The van der Waals surface area contributed by atoms with Gasteiger partial charge in [0, 0.05) is 12.6 Å². The van der Waals surface area contributed by atoms with E-state index in [2.05, 4.69) is 31.4 Å². The number of hydrogen-bond acceptors (Lipinski definition) is 5. The predicted molar refractivity (Wildman–Crippen MR) is 65.2 cm³/mol. The van der Waals surface area contributed by atoms with Crippen molar-refractivity contribution in [3.63, 3.8) is 0 Å². The van der Waals surface area contributed by atoms with Gasteiger partial charge in [-0.25, -0.2) is 0 Å². The van der Waals surface area contributed by atoms with Crippen LogP contribution in [0.2, 0.25) is 0 Å². The van der Waals surface area contributed by atoms with E-state index in [1.807, 2.05) is 12.1 Å². The van der Waals surface area contributed by atoms with Crippen LogP contribution >= 0.6 is 27.3 Å². The molecule has 2 heterocycles. The monoisotopic (exact) mass is 299 g/mol. The zero-order valence-electron chi connectivity index (χ0n) is 8.44. The highest BCUT2D eigenvalue weighted by molar-refractivity contribution is 9.10. The molecule has 0 bridgehead atoms. The van der Waals surface area contributed by atoms with E-state index in [1.54, 1.807) is 11.3 Å². The van der Waals surface area contributed by atoms with Crippen molar-refractivity contribution in [1.82, 2.24) is 15.5 Å². The molecule has 2 aromatic rings. The quantitative estimate of drug-likeness (QED) is 0.943. The molecule has 1 saturated carbocycles. The first kappa shape index (κ1) is 10.4. The fourth-order valence-electron chi connectivity index (χ4n) is 1.37. The third-order valence-corrected chi connectivity index (χ3v) is 3.73. The summed E-state index contributed by atoms with van der Waals surface area (Å²) in [6.07, 6.45) is 2.58. The van der Waals surface area contributed by atoms with Gasteiger partial charge in [-0.1, -0.05) is 11.3 Å². The molecule has 0 atom stereocenters. The summed E-state index contributed by atoms with van der Waals surface area (Å²) in [5, 5.41) is 13.5. The average molecular weight is 300 g/mol. The van der Waals surface area contributed by atoms with Gasteiger partial charge in [-0.2, -0.15) is 0 Å². The van der Waals surface area contributed by atoms with Gasteiger partial charge >= 0.3 is 0 Å². The summed E-state index contributed by atoms with van der Waals surface area (Å²) in [6.45, 7) is 0.810. The minimum absolute atomic E-state index is 0.699. The molecule has 4 nitrogen and oxygen atoms in total. The second-order valence-electron chi connectivity index (χ2n) is 3.76. The van der Waals surface area contributed by atoms with E-state index in [-0.39, 0.29) is 0 Å². The molecule has 0 spiro atoms. The maximum atomic E-state index is 5.42. The first-order valence-electron chi connectivity index (χ1n) is 5.13. The highest BCUT2D eigenvalue weighted by Crippen LogP contribution is 2.28. The molecule has 0 aliphatic heterocycles. The van der Waals surface area contributed by atoms with E-state index >= 15 is 0 Å². The number of nitrogens with one attached hydrogen (secondary N) is 1. The predicted octanol–water partition coefficient (Wildman–Crippen LogP) is 2.81. The lowest BCUT2D eigenvalue weighted by Gasteiger charge is -1.95. The van der Waals surface area contributed by atoms with Crippen LogP contribution in [0.15, 0.2) is 21.2 Å². The minimum Gasteiger partial charge on any atom is -0.447 e. The SMILES string of the molecule is Brc1ccc(-c2nnc(CNC3CC3)s2)o1. The molecule has 1 aliphatic rings. The number of furan rings is 1. The van der Waals surface area contributed by atoms with Crippen LogP contribution in [-0.2, 0) is 6.54 Å². The standard InChI is InChI=1S/C10H10BrN3OS/c11-8-4-3-7(15-8)10-14-13-9(16-10)5-12-6-1-2-6/h3-4,6,12H,1-2,5H2. The minimum atomic E-state index is 0.699. The maximum Gasteiger partial charge on any atom is 0.183 e. The highest BCUT2D eigenvalue weighted by Gasteiger charge is 2.21. The zero-order chi connectivity index (χ0) is 11.0. The molecule has 0 aromatic carbocycles. The van der Waals surface area contributed by atoms with Crippen molar-refractivity contribution >= 4 is 27.3 Å². The largest absolute Gasteiger partial charge is 0.447 e. The maximum absolute atomic E-state index is 5.42. The number of rotatable bonds is 4. The van der Waals surface area contributed by atoms with Crippen molar-refractivity contribution in [2.24, 2.45) is 0 Å². The smallest absolute Gasteiger partial charge is 0.183 e. The van der Waals surface area contributed by atoms with Gasteiger partial charge in [-0.05, 0) is 40.9 Å². The molecule has 84 valence electrons. The molecular weight excluding hydrogens is 290 g/mol. The van der Waals surface area contributed by atoms with Crippen LogP contribution in [0.1, 0.15) is 17.8 Å². The van der Waals surface area contributed by atoms with Crippen molar-refractivity contribution < 1.29 is 4.42 Å². The van der Waals surface area contributed by atoms with Crippen LogP contribution in [0.25, 0.3) is 10.8 Å². The third kappa shape index (κ3) is 2.34. The van der Waals surface area contributed by atoms with E-state index in [0.29, 0.717) is 6.04 Å². The molecule has 16 heavy (non-hydrogen) atoms. The van der Waals surface area contributed by atoms with Gasteiger partial charge < -0.3 is 9.73 Å². The van der Waals surface area contributed by atoms with Gasteiger partial charge in [-0.15, -0.1) is 10.2 Å². The van der Waals surface area contributed by atoms with E-state index in [9.17, 15) is 0 Å². The van der Waals surface area contributed by atoms with Gasteiger partial charge in [0.15, 0.2) is 15.4 Å². The lowest BCUT2D eigenvalue weighted by atomic mass is 10.5. The Labute approximate surface area is 105 Å². The number of aromatic nitrogens is 2. The molecule has 1 N–H and O–H groups in total. The first-order valence-corrected chi connectivity index (χ1v) is 6.74. The van der Waals surface area contributed by atoms with Crippen LogP contribution < -0.4 is 5.32 Å². The Balaban J connectivity index is 1.71. The summed E-state index contributed by atoms with van der Waals surface area (Å²) in [7, 11) is 0. The fourth-order valence-corrected chi connectivity index (χ4v) is 2.43. The number of hydrogen-bond donors (Lipinski definition) is 1. The summed E-state index contributed by atoms with van der Waals surface area (Å²) in [5.41, 5.74) is 0. The van der Waals surface area contributed by atoms with Gasteiger partial charge in [0.25, 0.3) is 0 Å². The second kappa shape index (κ2) is 4.27. The average Bonchev–Trinajstić information content (AvgIpc) is 2.81. The van der Waals surface area contributed by atoms with E-state index in [0.717, 1.165) is 27.0 Å². The molecular formula is C10H10BrN3OS. The lowest BCUT2D eigenvalue weighted by Crippen LogP contribution is -2.14. The number of nitrogens with zero attached hydrogens (tertiary/aromatic N) is 2. The Morgan fingerprint density at radius 2 is 2.31 bits per heavy atom. The van der Waals surface area contributed by atoms with Crippen LogP contribution in [-0.4, -0.2) is 16.2 Å². The Kier molecular flexibility index (Phi) is 2.79. The topological polar surface area (TPSA) is 51.0 Å². The second-order valence-corrected chi connectivity index (χ2v) is 5.60. The normalized spacial score (nSPS) is 15.6. The van der Waals surface area contributed by atoms with E-state index < -0.39 is 0 Å². The molecule has 2 aromatic heterocycles. The molecule has 0 amide bonds. The zero-order valence-corrected chi connectivity index (χ0v) is 10.8. The summed E-state index contributed by atoms with van der Waals surface area (Å²) in [6, 6.07) is 4.45. The van der Waals surface area contributed by atoms with E-state index in [1.165, 1.54) is 12.8 Å². The first-order chi connectivity index (χ1) is 7.81. The molecule has 3 rings (SSSR count). The lowest BCUT2D eigenvalue weighted by molar-refractivity contribution is 0.554. The van der Waals surface area contributed by atoms with Crippen molar-refractivity contribution in [3.8, 4) is 10.8 Å². The van der Waals surface area contributed by atoms with Crippen molar-refractivity contribution in [2.45, 2.75) is 25.4 Å². The van der Waals surface area contributed by atoms with Gasteiger partial charge in [0.2, 0.25) is 0 Å². The van der Waals surface area contributed by atoms with E-state index in [4.69, 9.17) is 4.42 Å². The Morgan fingerprint density at radius 3 is 3.00 bits per heavy atom. The van der Waals surface area contributed by atoms with Gasteiger partial charge in [0.05, 0.1) is 0 Å². The molecule has 1 aliphatic carbocycles. The van der Waals surface area contributed by atoms with Crippen molar-refractivity contribution in [2.75, 3.05) is 0 Å². The Bertz CT molecular complexity index is 492. The van der Waals surface area contributed by atoms with Crippen LogP contribution in [0.3, 0.4) is 0 Å². The third-order valence-electron chi connectivity index (χ3n) is 2.37. The van der Waals surface area contributed by atoms with Crippen LogP contribution in [0.4, 0.5) is 0 Å². The summed E-state index contributed by atoms with van der Waals surface area (Å²) < 4.78 is 6.14. The van der Waals surface area contributed by atoms with Crippen molar-refractivity contribution in [1.29, 1.82) is 0 Å². The highest BCUT2D eigenvalue weighted by atomic mass is 79.9. The molecule has 1 fully saturated rings. The van der Waals surface area contributed by atoms with Gasteiger partial charge in [-0.3, -0.25) is 0 Å². The number of halogens is 1. The molecule has 0 unspecified atom stereocenters. The Hall–Kier alpha value is -0.720. The molecule has 6 heteroatoms.